The molecule has 0 saturated carbocycles. The number of aryl methyl sites for hydroxylation is 1. The number of methoxy groups -OCH3 is 1. The van der Waals surface area contributed by atoms with Crippen molar-refractivity contribution in [3.63, 3.8) is 0 Å². The van der Waals surface area contributed by atoms with Crippen LogP contribution in [-0.4, -0.2) is 43.3 Å². The Kier molecular flexibility index (Phi) is 5.66. The Hall–Kier alpha value is -1.98. The number of nitrogens with zero attached hydrogens (tertiary/aromatic N) is 2. The quantitative estimate of drug-likeness (QED) is 0.812. The van der Waals surface area contributed by atoms with E-state index in [9.17, 15) is 0 Å². The SMILES string of the molecule is COc1cccc(N2CCN(C(=S)Nc3ccc(C)c(Cl)c3)CC2)c1. The fraction of sp³-hybridized carbons (Fsp3) is 0.316. The Labute approximate surface area is 159 Å². The van der Waals surface area contributed by atoms with Gasteiger partial charge in [0.05, 0.1) is 7.11 Å². The maximum atomic E-state index is 6.18. The predicted molar refractivity (Wildman–Crippen MR) is 109 cm³/mol. The van der Waals surface area contributed by atoms with E-state index in [2.05, 4.69) is 27.2 Å². The number of benzene rings is 2. The summed E-state index contributed by atoms with van der Waals surface area (Å²) < 4.78 is 5.31. The summed E-state index contributed by atoms with van der Waals surface area (Å²) in [6.07, 6.45) is 0. The third-order valence-corrected chi connectivity index (χ3v) is 5.18. The van der Waals surface area contributed by atoms with Crippen LogP contribution in [0.2, 0.25) is 5.02 Å². The monoisotopic (exact) mass is 375 g/mol. The number of anilines is 2. The standard InChI is InChI=1S/C19H22ClN3OS/c1-14-6-7-15(12-18(14)20)21-19(25)23-10-8-22(9-11-23)16-4-3-5-17(13-16)24-2/h3-7,12-13H,8-11H2,1-2H3,(H,21,25). The van der Waals surface area contributed by atoms with E-state index in [1.54, 1.807) is 7.11 Å². The average molecular weight is 376 g/mol. The molecule has 0 aromatic heterocycles. The smallest absolute Gasteiger partial charge is 0.173 e. The van der Waals surface area contributed by atoms with Gasteiger partial charge in [-0.2, -0.15) is 0 Å². The minimum Gasteiger partial charge on any atom is -0.497 e. The Morgan fingerprint density at radius 2 is 1.88 bits per heavy atom. The zero-order valence-electron chi connectivity index (χ0n) is 14.5. The molecule has 2 aromatic carbocycles. The molecule has 132 valence electrons. The Morgan fingerprint density at radius 1 is 1.12 bits per heavy atom. The van der Waals surface area contributed by atoms with Crippen LogP contribution in [0.1, 0.15) is 5.56 Å². The van der Waals surface area contributed by atoms with Crippen molar-refractivity contribution in [2.45, 2.75) is 6.92 Å². The molecule has 1 fully saturated rings. The molecule has 25 heavy (non-hydrogen) atoms. The maximum absolute atomic E-state index is 6.18. The van der Waals surface area contributed by atoms with Gasteiger partial charge < -0.3 is 19.9 Å². The van der Waals surface area contributed by atoms with Crippen LogP contribution in [0.3, 0.4) is 0 Å². The molecule has 3 rings (SSSR count). The molecule has 1 heterocycles. The fourth-order valence-corrected chi connectivity index (χ4v) is 3.33. The average Bonchev–Trinajstić information content (AvgIpc) is 2.65. The number of thiocarbonyl (C=S) groups is 1. The molecule has 2 aromatic rings. The van der Waals surface area contributed by atoms with E-state index >= 15 is 0 Å². The Bertz CT molecular complexity index is 760. The summed E-state index contributed by atoms with van der Waals surface area (Å²) in [4.78, 5) is 4.55. The number of nitrogens with one attached hydrogen (secondary N) is 1. The van der Waals surface area contributed by atoms with Gasteiger partial charge in [0, 0.05) is 48.6 Å². The van der Waals surface area contributed by atoms with Gasteiger partial charge >= 0.3 is 0 Å². The lowest BCUT2D eigenvalue weighted by atomic mass is 10.2. The second-order valence-corrected chi connectivity index (χ2v) is 6.86. The first-order chi connectivity index (χ1) is 12.1. The summed E-state index contributed by atoms with van der Waals surface area (Å²) in [6.45, 7) is 5.58. The van der Waals surface area contributed by atoms with Gasteiger partial charge in [-0.15, -0.1) is 0 Å². The van der Waals surface area contributed by atoms with Crippen LogP contribution in [0, 0.1) is 6.92 Å². The highest BCUT2D eigenvalue weighted by Gasteiger charge is 2.19. The van der Waals surface area contributed by atoms with E-state index in [0.29, 0.717) is 0 Å². The third kappa shape index (κ3) is 4.35. The lowest BCUT2D eigenvalue weighted by Crippen LogP contribution is -2.50. The van der Waals surface area contributed by atoms with Crippen molar-refractivity contribution in [1.82, 2.24) is 4.90 Å². The van der Waals surface area contributed by atoms with Crippen LogP contribution in [0.5, 0.6) is 5.75 Å². The molecule has 4 nitrogen and oxygen atoms in total. The molecular formula is C19H22ClN3OS. The largest absolute Gasteiger partial charge is 0.497 e. The second-order valence-electron chi connectivity index (χ2n) is 6.07. The molecule has 1 saturated heterocycles. The van der Waals surface area contributed by atoms with E-state index < -0.39 is 0 Å². The number of piperazine rings is 1. The van der Waals surface area contributed by atoms with Gasteiger partial charge in [-0.1, -0.05) is 23.7 Å². The minimum absolute atomic E-state index is 0.741. The topological polar surface area (TPSA) is 27.7 Å². The van der Waals surface area contributed by atoms with Crippen molar-refractivity contribution in [3.8, 4) is 5.75 Å². The summed E-state index contributed by atoms with van der Waals surface area (Å²) in [5.74, 6) is 0.883. The Balaban J connectivity index is 1.57. The molecule has 0 spiro atoms. The molecule has 1 aliphatic rings. The fourth-order valence-electron chi connectivity index (χ4n) is 2.85. The van der Waals surface area contributed by atoms with Gasteiger partial charge in [0.1, 0.15) is 5.75 Å². The van der Waals surface area contributed by atoms with Gasteiger partial charge in [-0.3, -0.25) is 0 Å². The third-order valence-electron chi connectivity index (χ3n) is 4.41. The highest BCUT2D eigenvalue weighted by Crippen LogP contribution is 2.23. The van der Waals surface area contributed by atoms with Crippen LogP contribution in [0.4, 0.5) is 11.4 Å². The molecule has 1 N–H and O–H groups in total. The minimum atomic E-state index is 0.741. The summed E-state index contributed by atoms with van der Waals surface area (Å²) in [7, 11) is 1.69. The normalized spacial score (nSPS) is 14.4. The van der Waals surface area contributed by atoms with Gasteiger partial charge in [-0.05, 0) is 49.0 Å². The van der Waals surface area contributed by atoms with E-state index in [0.717, 1.165) is 53.3 Å². The Morgan fingerprint density at radius 3 is 2.56 bits per heavy atom. The number of rotatable bonds is 3. The molecular weight excluding hydrogens is 354 g/mol. The first kappa shape index (κ1) is 17.8. The lowest BCUT2D eigenvalue weighted by molar-refractivity contribution is 0.389. The van der Waals surface area contributed by atoms with E-state index in [1.807, 2.05) is 37.3 Å². The highest BCUT2D eigenvalue weighted by atomic mass is 35.5. The highest BCUT2D eigenvalue weighted by molar-refractivity contribution is 7.80. The van der Waals surface area contributed by atoms with Crippen molar-refractivity contribution >= 4 is 40.3 Å². The van der Waals surface area contributed by atoms with Crippen molar-refractivity contribution in [2.24, 2.45) is 0 Å². The molecule has 0 amide bonds. The van der Waals surface area contributed by atoms with Gasteiger partial charge in [-0.25, -0.2) is 0 Å². The van der Waals surface area contributed by atoms with Gasteiger partial charge in [0.25, 0.3) is 0 Å². The molecule has 6 heteroatoms. The number of hydrogen-bond acceptors (Lipinski definition) is 3. The van der Waals surface area contributed by atoms with Crippen LogP contribution >= 0.6 is 23.8 Å². The van der Waals surface area contributed by atoms with Crippen molar-refractivity contribution in [2.75, 3.05) is 43.5 Å². The first-order valence-electron chi connectivity index (χ1n) is 8.28. The lowest BCUT2D eigenvalue weighted by Gasteiger charge is -2.37. The zero-order valence-corrected chi connectivity index (χ0v) is 16.0. The van der Waals surface area contributed by atoms with Crippen molar-refractivity contribution in [3.05, 3.63) is 53.1 Å². The maximum Gasteiger partial charge on any atom is 0.173 e. The number of hydrogen-bond donors (Lipinski definition) is 1. The predicted octanol–water partition coefficient (Wildman–Crippen LogP) is 4.18. The van der Waals surface area contributed by atoms with Crippen molar-refractivity contribution < 1.29 is 4.74 Å². The van der Waals surface area contributed by atoms with Crippen LogP contribution in [0.15, 0.2) is 42.5 Å². The molecule has 0 aliphatic carbocycles. The molecule has 0 unspecified atom stereocenters. The molecule has 1 aliphatic heterocycles. The molecule has 0 atom stereocenters. The van der Waals surface area contributed by atoms with Gasteiger partial charge in [0.15, 0.2) is 5.11 Å². The van der Waals surface area contributed by atoms with E-state index in [4.69, 9.17) is 28.6 Å². The zero-order chi connectivity index (χ0) is 17.8. The van der Waals surface area contributed by atoms with E-state index in [1.165, 1.54) is 5.69 Å². The molecule has 0 bridgehead atoms. The number of halogens is 1. The van der Waals surface area contributed by atoms with E-state index in [-0.39, 0.29) is 0 Å². The summed E-state index contributed by atoms with van der Waals surface area (Å²) in [5.41, 5.74) is 3.17. The summed E-state index contributed by atoms with van der Waals surface area (Å²) in [5, 5.41) is 4.77. The summed E-state index contributed by atoms with van der Waals surface area (Å²) >= 11 is 11.7. The van der Waals surface area contributed by atoms with Crippen molar-refractivity contribution in [1.29, 1.82) is 0 Å². The first-order valence-corrected chi connectivity index (χ1v) is 9.06. The molecule has 0 radical (unpaired) electrons. The van der Waals surface area contributed by atoms with Crippen LogP contribution < -0.4 is 15.0 Å². The van der Waals surface area contributed by atoms with Crippen LogP contribution in [-0.2, 0) is 0 Å². The summed E-state index contributed by atoms with van der Waals surface area (Å²) in [6, 6.07) is 14.1. The number of ether oxygens (including phenoxy) is 1. The van der Waals surface area contributed by atoms with Crippen LogP contribution in [0.25, 0.3) is 0 Å². The van der Waals surface area contributed by atoms with Gasteiger partial charge in [0.2, 0.25) is 0 Å². The second kappa shape index (κ2) is 7.93.